The van der Waals surface area contributed by atoms with Crippen LogP contribution in [0, 0.1) is 0 Å². The van der Waals surface area contributed by atoms with Crippen molar-refractivity contribution in [3.8, 4) is 0 Å². The van der Waals surface area contributed by atoms with Crippen LogP contribution < -0.4 is 0 Å². The number of aryl methyl sites for hydroxylation is 1. The minimum Gasteiger partial charge on any atom is -0.385 e. The van der Waals surface area contributed by atoms with Crippen LogP contribution >= 0.6 is 0 Å². The van der Waals surface area contributed by atoms with Gasteiger partial charge in [0.15, 0.2) is 0 Å². The predicted octanol–water partition coefficient (Wildman–Crippen LogP) is 1.76. The molecule has 2 heterocycles. The van der Waals surface area contributed by atoms with E-state index in [0.717, 1.165) is 44.2 Å². The number of aromatic amines is 1. The summed E-state index contributed by atoms with van der Waals surface area (Å²) in [7, 11) is 1.77. The van der Waals surface area contributed by atoms with E-state index in [0.29, 0.717) is 6.04 Å². The lowest BCUT2D eigenvalue weighted by Gasteiger charge is -2.34. The summed E-state index contributed by atoms with van der Waals surface area (Å²) in [5.41, 5.74) is 0. The van der Waals surface area contributed by atoms with Crippen molar-refractivity contribution in [2.75, 3.05) is 20.3 Å². The van der Waals surface area contributed by atoms with Crippen LogP contribution in [0.5, 0.6) is 0 Å². The fourth-order valence-corrected chi connectivity index (χ4v) is 2.60. The number of aromatic nitrogens is 3. The Balaban J connectivity index is 1.91. The molecule has 0 spiro atoms. The third-order valence-electron chi connectivity index (χ3n) is 3.65. The highest BCUT2D eigenvalue weighted by Crippen LogP contribution is 2.21. The molecule has 5 heteroatoms. The highest BCUT2D eigenvalue weighted by molar-refractivity contribution is 4.91. The molecule has 0 bridgehead atoms. The molecule has 1 N–H and O–H groups in total. The van der Waals surface area contributed by atoms with Crippen molar-refractivity contribution in [2.24, 2.45) is 0 Å². The van der Waals surface area contributed by atoms with Gasteiger partial charge in [-0.3, -0.25) is 10.00 Å². The summed E-state index contributed by atoms with van der Waals surface area (Å²) in [5.74, 6) is 1.91. The molecule has 1 saturated heterocycles. The standard InChI is InChI=1S/C13H24N4O/c1-3-12-14-13(16-15-12)10-17-8-5-4-6-11(17)7-9-18-2/h11H,3-10H2,1-2H3,(H,14,15,16). The van der Waals surface area contributed by atoms with Crippen LogP contribution in [-0.2, 0) is 17.7 Å². The van der Waals surface area contributed by atoms with E-state index < -0.39 is 0 Å². The SMILES string of the molecule is CCc1n[nH]c(CN2CCCCC2CCOC)n1. The lowest BCUT2D eigenvalue weighted by molar-refractivity contribution is 0.0953. The van der Waals surface area contributed by atoms with Crippen molar-refractivity contribution >= 4 is 0 Å². The fourth-order valence-electron chi connectivity index (χ4n) is 2.60. The number of hydrogen-bond acceptors (Lipinski definition) is 4. The first kappa shape index (κ1) is 13.5. The summed E-state index contributed by atoms with van der Waals surface area (Å²) in [6, 6.07) is 0.633. The van der Waals surface area contributed by atoms with E-state index in [1.54, 1.807) is 7.11 Å². The molecular weight excluding hydrogens is 228 g/mol. The Hall–Kier alpha value is -0.940. The molecule has 1 unspecified atom stereocenters. The highest BCUT2D eigenvalue weighted by atomic mass is 16.5. The van der Waals surface area contributed by atoms with Gasteiger partial charge in [0.2, 0.25) is 0 Å². The van der Waals surface area contributed by atoms with Crippen LogP contribution in [0.25, 0.3) is 0 Å². The minimum atomic E-state index is 0.633. The van der Waals surface area contributed by atoms with Gasteiger partial charge in [-0.2, -0.15) is 5.10 Å². The van der Waals surface area contributed by atoms with Gasteiger partial charge in [-0.15, -0.1) is 0 Å². The molecule has 0 amide bonds. The molecule has 18 heavy (non-hydrogen) atoms. The second-order valence-corrected chi connectivity index (χ2v) is 4.95. The normalized spacial score (nSPS) is 21.3. The Labute approximate surface area is 109 Å². The lowest BCUT2D eigenvalue weighted by atomic mass is 10.00. The Morgan fingerprint density at radius 1 is 1.44 bits per heavy atom. The van der Waals surface area contributed by atoms with Gasteiger partial charge in [-0.1, -0.05) is 13.3 Å². The first-order valence-electron chi connectivity index (χ1n) is 6.96. The van der Waals surface area contributed by atoms with Gasteiger partial charge in [-0.05, 0) is 25.8 Å². The molecule has 0 radical (unpaired) electrons. The van der Waals surface area contributed by atoms with E-state index in [2.05, 4.69) is 27.0 Å². The van der Waals surface area contributed by atoms with E-state index in [-0.39, 0.29) is 0 Å². The molecule has 2 rings (SSSR count). The first-order valence-corrected chi connectivity index (χ1v) is 6.96. The van der Waals surface area contributed by atoms with Crippen molar-refractivity contribution < 1.29 is 4.74 Å². The molecule has 0 aromatic carbocycles. The van der Waals surface area contributed by atoms with E-state index in [1.165, 1.54) is 19.3 Å². The fraction of sp³-hybridized carbons (Fsp3) is 0.846. The number of nitrogens with one attached hydrogen (secondary N) is 1. The topological polar surface area (TPSA) is 54.0 Å². The Morgan fingerprint density at radius 3 is 3.06 bits per heavy atom. The van der Waals surface area contributed by atoms with Crippen molar-refractivity contribution in [3.63, 3.8) is 0 Å². The lowest BCUT2D eigenvalue weighted by Crippen LogP contribution is -2.39. The monoisotopic (exact) mass is 252 g/mol. The van der Waals surface area contributed by atoms with Crippen molar-refractivity contribution in [3.05, 3.63) is 11.6 Å². The average Bonchev–Trinajstić information content (AvgIpc) is 2.85. The van der Waals surface area contributed by atoms with Gasteiger partial charge in [0.05, 0.1) is 6.54 Å². The quantitative estimate of drug-likeness (QED) is 0.838. The van der Waals surface area contributed by atoms with Gasteiger partial charge in [0.25, 0.3) is 0 Å². The van der Waals surface area contributed by atoms with Crippen LogP contribution in [0.15, 0.2) is 0 Å². The Kier molecular flexibility index (Phi) is 5.13. The number of likely N-dealkylation sites (tertiary alicyclic amines) is 1. The molecule has 0 saturated carbocycles. The number of ether oxygens (including phenoxy) is 1. The molecule has 1 fully saturated rings. The third kappa shape index (κ3) is 3.53. The molecule has 102 valence electrons. The second-order valence-electron chi connectivity index (χ2n) is 4.95. The van der Waals surface area contributed by atoms with Gasteiger partial charge < -0.3 is 4.74 Å². The van der Waals surface area contributed by atoms with Gasteiger partial charge in [0.1, 0.15) is 11.6 Å². The second kappa shape index (κ2) is 6.85. The van der Waals surface area contributed by atoms with Crippen molar-refractivity contribution in [1.82, 2.24) is 20.1 Å². The molecule has 1 aliphatic heterocycles. The smallest absolute Gasteiger partial charge is 0.150 e. The molecule has 1 atom stereocenters. The molecule has 1 aromatic heterocycles. The van der Waals surface area contributed by atoms with Gasteiger partial charge in [-0.25, -0.2) is 4.98 Å². The van der Waals surface area contributed by atoms with Crippen LogP contribution in [-0.4, -0.2) is 46.4 Å². The third-order valence-corrected chi connectivity index (χ3v) is 3.65. The maximum atomic E-state index is 5.20. The maximum absolute atomic E-state index is 5.20. The zero-order chi connectivity index (χ0) is 12.8. The summed E-state index contributed by atoms with van der Waals surface area (Å²) in [6.45, 7) is 4.98. The van der Waals surface area contributed by atoms with Gasteiger partial charge >= 0.3 is 0 Å². The average molecular weight is 252 g/mol. The van der Waals surface area contributed by atoms with E-state index in [9.17, 15) is 0 Å². The number of piperidine rings is 1. The van der Waals surface area contributed by atoms with Gasteiger partial charge in [0, 0.05) is 26.2 Å². The van der Waals surface area contributed by atoms with Crippen LogP contribution in [0.2, 0.25) is 0 Å². The first-order chi connectivity index (χ1) is 8.83. The Bertz CT molecular complexity index is 353. The molecule has 5 nitrogen and oxygen atoms in total. The highest BCUT2D eigenvalue weighted by Gasteiger charge is 2.23. The number of hydrogen-bond donors (Lipinski definition) is 1. The molecule has 0 aliphatic carbocycles. The summed E-state index contributed by atoms with van der Waals surface area (Å²) >= 11 is 0. The van der Waals surface area contributed by atoms with E-state index in [4.69, 9.17) is 4.74 Å². The summed E-state index contributed by atoms with van der Waals surface area (Å²) < 4.78 is 5.20. The van der Waals surface area contributed by atoms with Crippen molar-refractivity contribution in [1.29, 1.82) is 0 Å². The zero-order valence-electron chi connectivity index (χ0n) is 11.5. The van der Waals surface area contributed by atoms with E-state index >= 15 is 0 Å². The predicted molar refractivity (Wildman–Crippen MR) is 70.3 cm³/mol. The maximum Gasteiger partial charge on any atom is 0.150 e. The van der Waals surface area contributed by atoms with Crippen LogP contribution in [0.3, 0.4) is 0 Å². The molecular formula is C13H24N4O. The number of H-pyrrole nitrogens is 1. The van der Waals surface area contributed by atoms with Crippen molar-refractivity contribution in [2.45, 2.75) is 51.6 Å². The molecule has 1 aromatic rings. The summed E-state index contributed by atoms with van der Waals surface area (Å²) in [6.07, 6.45) is 5.91. The number of rotatable bonds is 6. The summed E-state index contributed by atoms with van der Waals surface area (Å²) in [4.78, 5) is 7.01. The van der Waals surface area contributed by atoms with E-state index in [1.807, 2.05) is 0 Å². The Morgan fingerprint density at radius 2 is 2.33 bits per heavy atom. The largest absolute Gasteiger partial charge is 0.385 e. The number of methoxy groups -OCH3 is 1. The number of nitrogens with zero attached hydrogens (tertiary/aromatic N) is 3. The minimum absolute atomic E-state index is 0.633. The van der Waals surface area contributed by atoms with Crippen LogP contribution in [0.4, 0.5) is 0 Å². The van der Waals surface area contributed by atoms with Crippen LogP contribution in [0.1, 0.15) is 44.3 Å². The zero-order valence-corrected chi connectivity index (χ0v) is 11.5. The molecule has 1 aliphatic rings. The summed E-state index contributed by atoms with van der Waals surface area (Å²) in [5, 5.41) is 7.25.